The van der Waals surface area contributed by atoms with Gasteiger partial charge < -0.3 is 20.0 Å². The maximum absolute atomic E-state index is 12.3. The number of aromatic nitrogens is 3. The Labute approximate surface area is 144 Å². The Hall–Kier alpha value is -3.03. The van der Waals surface area contributed by atoms with Crippen molar-refractivity contribution in [3.63, 3.8) is 0 Å². The number of carbonyl (C=O) groups is 1. The predicted molar refractivity (Wildman–Crippen MR) is 94.9 cm³/mol. The highest BCUT2D eigenvalue weighted by atomic mass is 16.4. The lowest BCUT2D eigenvalue weighted by atomic mass is 9.94. The number of urea groups is 1. The summed E-state index contributed by atoms with van der Waals surface area (Å²) in [6.45, 7) is 0. The largest absolute Gasteiger partial charge is 0.423 e. The van der Waals surface area contributed by atoms with E-state index in [1.165, 1.54) is 11.3 Å². The molecule has 3 aromatic rings. The van der Waals surface area contributed by atoms with Gasteiger partial charge in [-0.2, -0.15) is 10.1 Å². The maximum atomic E-state index is 12.3. The number of amides is 2. The maximum Gasteiger partial charge on any atom is 0.319 e. The Morgan fingerprint density at radius 1 is 1.40 bits per heavy atom. The molecule has 0 spiro atoms. The van der Waals surface area contributed by atoms with Gasteiger partial charge in [-0.15, -0.1) is 0 Å². The number of nitrogens with one attached hydrogen (secondary N) is 3. The predicted octanol–water partition coefficient (Wildman–Crippen LogP) is 2.30. The van der Waals surface area contributed by atoms with Crippen LogP contribution in [0, 0.1) is 0 Å². The molecule has 2 amide bonds. The monoisotopic (exact) mass is 340 g/mol. The van der Waals surface area contributed by atoms with Crippen molar-refractivity contribution in [2.45, 2.75) is 25.3 Å². The molecule has 1 atom stereocenters. The van der Waals surface area contributed by atoms with Gasteiger partial charge in [0.15, 0.2) is 5.58 Å². The Morgan fingerprint density at radius 3 is 3.12 bits per heavy atom. The number of nitrogens with zero attached hydrogens (tertiary/aromatic N) is 3. The van der Waals surface area contributed by atoms with Crippen LogP contribution in [-0.4, -0.2) is 41.3 Å². The van der Waals surface area contributed by atoms with Crippen molar-refractivity contribution in [1.29, 1.82) is 0 Å². The van der Waals surface area contributed by atoms with Crippen LogP contribution < -0.4 is 15.5 Å². The molecule has 0 saturated heterocycles. The third kappa shape index (κ3) is 3.15. The average molecular weight is 340 g/mol. The van der Waals surface area contributed by atoms with E-state index >= 15 is 0 Å². The minimum absolute atomic E-state index is 0.112. The zero-order chi connectivity index (χ0) is 17.4. The summed E-state index contributed by atoms with van der Waals surface area (Å²) in [4.78, 5) is 18.5. The Balaban J connectivity index is 1.41. The van der Waals surface area contributed by atoms with Crippen molar-refractivity contribution < 1.29 is 9.21 Å². The van der Waals surface area contributed by atoms with Crippen LogP contribution in [0.4, 0.5) is 16.5 Å². The van der Waals surface area contributed by atoms with E-state index < -0.39 is 0 Å². The molecular formula is C17H20N6O2. The first-order valence-corrected chi connectivity index (χ1v) is 8.25. The SMILES string of the molecule is CN(C)c1nc2cc(NC(=O)N[C@@H]3CCc4[nH]ncc4C3)ccc2o1. The first-order valence-electron chi connectivity index (χ1n) is 8.25. The molecular weight excluding hydrogens is 320 g/mol. The van der Waals surface area contributed by atoms with Crippen LogP contribution in [0.1, 0.15) is 17.7 Å². The van der Waals surface area contributed by atoms with Crippen molar-refractivity contribution in [1.82, 2.24) is 20.5 Å². The van der Waals surface area contributed by atoms with Gasteiger partial charge in [0.1, 0.15) is 5.52 Å². The Bertz CT molecular complexity index is 913. The molecule has 3 N–H and O–H groups in total. The van der Waals surface area contributed by atoms with Gasteiger partial charge in [0.05, 0.1) is 6.20 Å². The van der Waals surface area contributed by atoms with E-state index in [1.54, 1.807) is 11.0 Å². The highest BCUT2D eigenvalue weighted by Crippen LogP contribution is 2.24. The molecule has 0 bridgehead atoms. The smallest absolute Gasteiger partial charge is 0.319 e. The normalized spacial score (nSPS) is 16.5. The number of H-pyrrole nitrogens is 1. The number of rotatable bonds is 3. The fraction of sp³-hybridized carbons (Fsp3) is 0.353. The Kier molecular flexibility index (Phi) is 3.79. The highest BCUT2D eigenvalue weighted by molar-refractivity contribution is 5.92. The third-order valence-electron chi connectivity index (χ3n) is 4.37. The summed E-state index contributed by atoms with van der Waals surface area (Å²) in [6, 6.07) is 5.86. The molecule has 1 aromatic carbocycles. The molecule has 2 aromatic heterocycles. The molecule has 0 saturated carbocycles. The van der Waals surface area contributed by atoms with Crippen molar-refractivity contribution >= 4 is 28.8 Å². The highest BCUT2D eigenvalue weighted by Gasteiger charge is 2.21. The number of oxazole rings is 1. The molecule has 0 unspecified atom stereocenters. The fourth-order valence-corrected chi connectivity index (χ4v) is 3.08. The van der Waals surface area contributed by atoms with E-state index in [0.717, 1.165) is 19.3 Å². The molecule has 0 fully saturated rings. The van der Waals surface area contributed by atoms with Gasteiger partial charge in [0.25, 0.3) is 6.01 Å². The van der Waals surface area contributed by atoms with Crippen LogP contribution in [0.5, 0.6) is 0 Å². The summed E-state index contributed by atoms with van der Waals surface area (Å²) >= 11 is 0. The summed E-state index contributed by atoms with van der Waals surface area (Å²) in [5, 5.41) is 13.0. The van der Waals surface area contributed by atoms with E-state index in [-0.39, 0.29) is 12.1 Å². The topological polar surface area (TPSA) is 99.1 Å². The lowest BCUT2D eigenvalue weighted by Gasteiger charge is -2.22. The molecule has 2 heterocycles. The van der Waals surface area contributed by atoms with E-state index in [2.05, 4.69) is 25.8 Å². The third-order valence-corrected chi connectivity index (χ3v) is 4.37. The average Bonchev–Trinajstić information content (AvgIpc) is 3.20. The molecule has 8 heteroatoms. The number of hydrogen-bond donors (Lipinski definition) is 3. The quantitative estimate of drug-likeness (QED) is 0.679. The molecule has 1 aliphatic rings. The lowest BCUT2D eigenvalue weighted by molar-refractivity contribution is 0.247. The summed E-state index contributed by atoms with van der Waals surface area (Å²) < 4.78 is 5.61. The minimum Gasteiger partial charge on any atom is -0.423 e. The first kappa shape index (κ1) is 15.5. The first-order chi connectivity index (χ1) is 12.1. The molecule has 1 aliphatic carbocycles. The zero-order valence-corrected chi connectivity index (χ0v) is 14.2. The van der Waals surface area contributed by atoms with Crippen LogP contribution in [0.25, 0.3) is 11.1 Å². The fourth-order valence-electron chi connectivity index (χ4n) is 3.08. The molecule has 0 aliphatic heterocycles. The summed E-state index contributed by atoms with van der Waals surface area (Å²) in [5.41, 5.74) is 4.43. The van der Waals surface area contributed by atoms with Crippen molar-refractivity contribution in [3.05, 3.63) is 35.7 Å². The minimum atomic E-state index is -0.215. The van der Waals surface area contributed by atoms with E-state index in [1.807, 2.05) is 32.4 Å². The van der Waals surface area contributed by atoms with Gasteiger partial charge in [-0.1, -0.05) is 0 Å². The second-order valence-electron chi connectivity index (χ2n) is 6.49. The van der Waals surface area contributed by atoms with Crippen LogP contribution in [0.15, 0.2) is 28.8 Å². The van der Waals surface area contributed by atoms with E-state index in [4.69, 9.17) is 4.42 Å². The second kappa shape index (κ2) is 6.12. The number of aryl methyl sites for hydroxylation is 1. The Morgan fingerprint density at radius 2 is 2.28 bits per heavy atom. The number of benzene rings is 1. The summed E-state index contributed by atoms with van der Waals surface area (Å²) in [6.07, 6.45) is 4.44. The summed E-state index contributed by atoms with van der Waals surface area (Å²) in [7, 11) is 3.74. The van der Waals surface area contributed by atoms with Crippen molar-refractivity contribution in [2.75, 3.05) is 24.3 Å². The van der Waals surface area contributed by atoms with Gasteiger partial charge in [-0.3, -0.25) is 5.10 Å². The zero-order valence-electron chi connectivity index (χ0n) is 14.2. The second-order valence-corrected chi connectivity index (χ2v) is 6.49. The van der Waals surface area contributed by atoms with Gasteiger partial charge in [0, 0.05) is 31.5 Å². The molecule has 4 rings (SSSR count). The van der Waals surface area contributed by atoms with Crippen LogP contribution in [0.3, 0.4) is 0 Å². The standard InChI is InChI=1S/C17H20N6O2/c1-23(2)17-21-14-8-12(4-6-15(14)25-17)20-16(24)19-11-3-5-13-10(7-11)9-18-22-13/h4,6,8-9,11H,3,5,7H2,1-2H3,(H,18,22)(H2,19,20,24)/t11-/m1/s1. The van der Waals surface area contributed by atoms with Crippen molar-refractivity contribution in [3.8, 4) is 0 Å². The molecule has 25 heavy (non-hydrogen) atoms. The van der Waals surface area contributed by atoms with Crippen LogP contribution in [-0.2, 0) is 12.8 Å². The van der Waals surface area contributed by atoms with Gasteiger partial charge in [-0.05, 0) is 43.0 Å². The molecule has 130 valence electrons. The van der Waals surface area contributed by atoms with E-state index in [0.29, 0.717) is 22.8 Å². The van der Waals surface area contributed by atoms with Gasteiger partial charge in [0.2, 0.25) is 0 Å². The van der Waals surface area contributed by atoms with Gasteiger partial charge >= 0.3 is 6.03 Å². The molecule has 8 nitrogen and oxygen atoms in total. The van der Waals surface area contributed by atoms with Crippen LogP contribution >= 0.6 is 0 Å². The molecule has 0 radical (unpaired) electrons. The van der Waals surface area contributed by atoms with Crippen LogP contribution in [0.2, 0.25) is 0 Å². The number of aromatic amines is 1. The number of anilines is 2. The van der Waals surface area contributed by atoms with Crippen molar-refractivity contribution in [2.24, 2.45) is 0 Å². The lowest BCUT2D eigenvalue weighted by Crippen LogP contribution is -2.41. The number of carbonyl (C=O) groups excluding carboxylic acids is 1. The van der Waals surface area contributed by atoms with E-state index in [9.17, 15) is 4.79 Å². The number of fused-ring (bicyclic) bond motifs is 2. The number of hydrogen-bond acceptors (Lipinski definition) is 5. The van der Waals surface area contributed by atoms with Gasteiger partial charge in [-0.25, -0.2) is 4.79 Å². The summed E-state index contributed by atoms with van der Waals surface area (Å²) in [5.74, 6) is 0.